The van der Waals surface area contributed by atoms with Crippen molar-refractivity contribution in [1.82, 2.24) is 4.57 Å². The Bertz CT molecular complexity index is 947. The predicted octanol–water partition coefficient (Wildman–Crippen LogP) is 2.13. The van der Waals surface area contributed by atoms with Crippen LogP contribution in [0.1, 0.15) is 29.8 Å². The first kappa shape index (κ1) is 15.6. The zero-order valence-electron chi connectivity index (χ0n) is 14.0. The number of nitrogens with zero attached hydrogens (tertiary/aromatic N) is 2. The number of para-hydroxylation sites is 1. The lowest BCUT2D eigenvalue weighted by atomic mass is 10.0. The van der Waals surface area contributed by atoms with Crippen LogP contribution < -0.4 is 15.2 Å². The second-order valence-electron chi connectivity index (χ2n) is 6.45. The van der Waals surface area contributed by atoms with Crippen molar-refractivity contribution in [2.24, 2.45) is 0 Å². The van der Waals surface area contributed by atoms with Crippen LogP contribution >= 0.6 is 0 Å². The van der Waals surface area contributed by atoms with E-state index >= 15 is 0 Å². The van der Waals surface area contributed by atoms with Crippen molar-refractivity contribution in [3.8, 4) is 11.6 Å². The van der Waals surface area contributed by atoms with Crippen LogP contribution in [0.15, 0.2) is 65.5 Å². The molecule has 25 heavy (non-hydrogen) atoms. The first-order chi connectivity index (χ1) is 12.3. The molecular weight excluding hydrogens is 312 g/mol. The summed E-state index contributed by atoms with van der Waals surface area (Å²) >= 11 is 0. The number of hydrogen-bond donors (Lipinski definition) is 0. The standard InChI is InChI=1S/C21H20N2O2/c24-20-18(15-16-9-3-1-4-10-16)21(25)23(17-11-5-2-6-12-17)19-13-7-8-14-22(19)20/h1-6,9-12H,7-8,13-15H2. The summed E-state index contributed by atoms with van der Waals surface area (Å²) in [6.45, 7) is 0.684. The lowest BCUT2D eigenvalue weighted by Gasteiger charge is -2.23. The summed E-state index contributed by atoms with van der Waals surface area (Å²) in [5.41, 5.74) is 1.97. The monoisotopic (exact) mass is 332 g/mol. The van der Waals surface area contributed by atoms with Gasteiger partial charge < -0.3 is 5.11 Å². The highest BCUT2D eigenvalue weighted by molar-refractivity contribution is 5.36. The molecule has 2 heterocycles. The van der Waals surface area contributed by atoms with Gasteiger partial charge in [-0.05, 0) is 30.5 Å². The van der Waals surface area contributed by atoms with E-state index in [-0.39, 0.29) is 11.4 Å². The van der Waals surface area contributed by atoms with Gasteiger partial charge in [0.15, 0.2) is 0 Å². The molecular formula is C21H20N2O2. The summed E-state index contributed by atoms with van der Waals surface area (Å²) in [6, 6.07) is 19.3. The molecule has 1 aromatic heterocycles. The maximum Gasteiger partial charge on any atom is 0.345 e. The molecule has 126 valence electrons. The molecule has 0 saturated heterocycles. The Balaban J connectivity index is 1.95. The molecule has 0 radical (unpaired) electrons. The fourth-order valence-corrected chi connectivity index (χ4v) is 3.57. The minimum atomic E-state index is -0.187. The molecule has 0 fully saturated rings. The van der Waals surface area contributed by atoms with Gasteiger partial charge in [0, 0.05) is 12.8 Å². The first-order valence-corrected chi connectivity index (χ1v) is 8.72. The smallest absolute Gasteiger partial charge is 0.345 e. The Morgan fingerprint density at radius 1 is 0.960 bits per heavy atom. The van der Waals surface area contributed by atoms with Crippen LogP contribution in [-0.2, 0) is 19.4 Å². The van der Waals surface area contributed by atoms with Gasteiger partial charge >= 0.3 is 5.56 Å². The molecule has 0 spiro atoms. The quantitative estimate of drug-likeness (QED) is 0.690. The highest BCUT2D eigenvalue weighted by Gasteiger charge is 2.27. The molecule has 4 rings (SSSR count). The number of fused-ring (bicyclic) bond motifs is 1. The molecule has 1 aliphatic rings. The highest BCUT2D eigenvalue weighted by atomic mass is 16.3. The summed E-state index contributed by atoms with van der Waals surface area (Å²) in [5.74, 6) is 0.694. The number of hydrogen-bond acceptors (Lipinski definition) is 2. The van der Waals surface area contributed by atoms with Gasteiger partial charge in [0.1, 0.15) is 5.69 Å². The van der Waals surface area contributed by atoms with Gasteiger partial charge in [0.2, 0.25) is 0 Å². The Kier molecular flexibility index (Phi) is 4.10. The summed E-state index contributed by atoms with van der Waals surface area (Å²) in [4.78, 5) is 13.2. The molecule has 0 aliphatic carbocycles. The van der Waals surface area contributed by atoms with Crippen LogP contribution in [0.2, 0.25) is 0 Å². The maximum absolute atomic E-state index is 13.2. The fourth-order valence-electron chi connectivity index (χ4n) is 3.57. The van der Waals surface area contributed by atoms with Crippen molar-refractivity contribution in [2.75, 3.05) is 0 Å². The van der Waals surface area contributed by atoms with Gasteiger partial charge in [-0.2, -0.15) is 4.57 Å². The molecule has 4 heteroatoms. The average molecular weight is 332 g/mol. The van der Waals surface area contributed by atoms with Gasteiger partial charge in [0.05, 0.1) is 18.0 Å². The van der Waals surface area contributed by atoms with Crippen molar-refractivity contribution < 1.29 is 9.67 Å². The van der Waals surface area contributed by atoms with E-state index in [0.717, 1.165) is 36.3 Å². The van der Waals surface area contributed by atoms with Gasteiger partial charge in [-0.15, -0.1) is 0 Å². The molecule has 0 saturated carbocycles. The topological polar surface area (TPSA) is 48.9 Å². The lowest BCUT2D eigenvalue weighted by molar-refractivity contribution is -0.750. The third-order valence-corrected chi connectivity index (χ3v) is 4.80. The first-order valence-electron chi connectivity index (χ1n) is 8.72. The minimum absolute atomic E-state index is 0.129. The van der Waals surface area contributed by atoms with Gasteiger partial charge in [-0.1, -0.05) is 48.5 Å². The van der Waals surface area contributed by atoms with Crippen LogP contribution in [0.3, 0.4) is 0 Å². The number of benzene rings is 2. The van der Waals surface area contributed by atoms with Gasteiger partial charge in [0.25, 0.3) is 5.82 Å². The third-order valence-electron chi connectivity index (χ3n) is 4.80. The summed E-state index contributed by atoms with van der Waals surface area (Å²) in [7, 11) is 0. The molecule has 2 aromatic carbocycles. The zero-order chi connectivity index (χ0) is 17.2. The largest absolute Gasteiger partial charge is 0.842 e. The van der Waals surface area contributed by atoms with E-state index in [0.29, 0.717) is 18.5 Å². The minimum Gasteiger partial charge on any atom is -0.842 e. The molecule has 0 bridgehead atoms. The van der Waals surface area contributed by atoms with E-state index in [1.165, 1.54) is 0 Å². The summed E-state index contributed by atoms with van der Waals surface area (Å²) in [5, 5.41) is 13.0. The molecule has 0 amide bonds. The number of aromatic nitrogens is 2. The van der Waals surface area contributed by atoms with Crippen LogP contribution in [0.5, 0.6) is 5.88 Å². The Morgan fingerprint density at radius 3 is 2.36 bits per heavy atom. The third kappa shape index (κ3) is 2.84. The van der Waals surface area contributed by atoms with Crippen molar-refractivity contribution >= 4 is 0 Å². The van der Waals surface area contributed by atoms with Crippen LogP contribution in [0.25, 0.3) is 5.69 Å². The zero-order valence-corrected chi connectivity index (χ0v) is 14.0. The molecule has 0 atom stereocenters. The van der Waals surface area contributed by atoms with E-state index in [1.54, 1.807) is 9.13 Å². The SMILES string of the molecule is O=c1c(Cc2ccccc2)c([O-])[n+]2c(n1-c1ccccc1)CCCC2. The maximum atomic E-state index is 13.2. The molecule has 0 unspecified atom stereocenters. The van der Waals surface area contributed by atoms with E-state index in [1.807, 2.05) is 60.7 Å². The fraction of sp³-hybridized carbons (Fsp3) is 0.238. The van der Waals surface area contributed by atoms with E-state index in [2.05, 4.69) is 0 Å². The highest BCUT2D eigenvalue weighted by Crippen LogP contribution is 2.18. The molecule has 3 aromatic rings. The average Bonchev–Trinajstić information content (AvgIpc) is 2.67. The van der Waals surface area contributed by atoms with E-state index in [4.69, 9.17) is 0 Å². The van der Waals surface area contributed by atoms with Crippen molar-refractivity contribution in [2.45, 2.75) is 32.2 Å². The van der Waals surface area contributed by atoms with Crippen molar-refractivity contribution in [3.05, 3.63) is 88.0 Å². The lowest BCUT2D eigenvalue weighted by Crippen LogP contribution is -2.51. The van der Waals surface area contributed by atoms with E-state index in [9.17, 15) is 9.90 Å². The summed E-state index contributed by atoms with van der Waals surface area (Å²) < 4.78 is 3.54. The second-order valence-corrected chi connectivity index (χ2v) is 6.45. The summed E-state index contributed by atoms with van der Waals surface area (Å²) in [6.07, 6.45) is 3.10. The Hall–Kier alpha value is -2.88. The second kappa shape index (κ2) is 6.55. The van der Waals surface area contributed by atoms with Gasteiger partial charge in [-0.25, -0.2) is 9.36 Å². The van der Waals surface area contributed by atoms with Crippen LogP contribution in [0, 0.1) is 0 Å². The van der Waals surface area contributed by atoms with Crippen LogP contribution in [-0.4, -0.2) is 4.57 Å². The Labute approximate surface area is 146 Å². The molecule has 0 N–H and O–H groups in total. The Morgan fingerprint density at radius 2 is 1.64 bits per heavy atom. The predicted molar refractivity (Wildman–Crippen MR) is 93.9 cm³/mol. The normalized spacial score (nSPS) is 13.4. The number of rotatable bonds is 3. The van der Waals surface area contributed by atoms with Crippen LogP contribution in [0.4, 0.5) is 0 Å². The van der Waals surface area contributed by atoms with Crippen molar-refractivity contribution in [1.29, 1.82) is 0 Å². The van der Waals surface area contributed by atoms with E-state index < -0.39 is 0 Å². The van der Waals surface area contributed by atoms with Crippen molar-refractivity contribution in [3.63, 3.8) is 0 Å². The molecule has 1 aliphatic heterocycles. The van der Waals surface area contributed by atoms with Gasteiger partial charge in [-0.3, -0.25) is 0 Å². The molecule has 4 nitrogen and oxygen atoms in total.